The second kappa shape index (κ2) is 5.64. The third-order valence-corrected chi connectivity index (χ3v) is 2.97. The number of hydrogen-bond donors (Lipinski definition) is 1. The zero-order chi connectivity index (χ0) is 14.7. The van der Waals surface area contributed by atoms with Gasteiger partial charge in [-0.05, 0) is 31.2 Å². The molecule has 2 aromatic rings. The molecule has 1 heterocycles. The van der Waals surface area contributed by atoms with Crippen LogP contribution in [0.2, 0.25) is 0 Å². The van der Waals surface area contributed by atoms with E-state index in [4.69, 9.17) is 9.57 Å². The molecular weight excluding hydrogens is 258 g/mol. The van der Waals surface area contributed by atoms with Gasteiger partial charge in [0, 0.05) is 12.6 Å². The van der Waals surface area contributed by atoms with Crippen molar-refractivity contribution in [3.63, 3.8) is 0 Å². The van der Waals surface area contributed by atoms with Crippen molar-refractivity contribution >= 4 is 5.71 Å². The predicted molar refractivity (Wildman–Crippen MR) is 76.1 cm³/mol. The molecular formula is C14H17N3O3. The quantitative estimate of drug-likeness (QED) is 0.686. The van der Waals surface area contributed by atoms with Crippen molar-refractivity contribution in [3.8, 4) is 22.9 Å². The average molecular weight is 275 g/mol. The Hall–Kier alpha value is -2.50. The number of benzene rings is 1. The standard InChI is InChI=1S/C14H17N3O3/c1-9(16-20-4)12-13(15-17(2)14(12)18)10-5-7-11(19-3)8-6-10/h5-8,18H,1-4H3/b16-9+. The summed E-state index contributed by atoms with van der Waals surface area (Å²) in [5.74, 6) is 0.812. The lowest BCUT2D eigenvalue weighted by Gasteiger charge is -2.04. The van der Waals surface area contributed by atoms with Gasteiger partial charge in [0.05, 0.1) is 18.4 Å². The summed E-state index contributed by atoms with van der Waals surface area (Å²) in [6.07, 6.45) is 0. The minimum Gasteiger partial charge on any atom is -0.497 e. The fourth-order valence-electron chi connectivity index (χ4n) is 1.98. The summed E-state index contributed by atoms with van der Waals surface area (Å²) in [6.45, 7) is 1.76. The lowest BCUT2D eigenvalue weighted by atomic mass is 10.0. The number of rotatable bonds is 4. The van der Waals surface area contributed by atoms with E-state index < -0.39 is 0 Å². The summed E-state index contributed by atoms with van der Waals surface area (Å²) in [4.78, 5) is 4.77. The molecule has 0 saturated carbocycles. The maximum Gasteiger partial charge on any atom is 0.219 e. The lowest BCUT2D eigenvalue weighted by Crippen LogP contribution is -1.97. The largest absolute Gasteiger partial charge is 0.497 e. The molecule has 1 N–H and O–H groups in total. The van der Waals surface area contributed by atoms with Gasteiger partial charge in [0.1, 0.15) is 18.6 Å². The van der Waals surface area contributed by atoms with Crippen molar-refractivity contribution in [2.75, 3.05) is 14.2 Å². The summed E-state index contributed by atoms with van der Waals surface area (Å²) in [7, 11) is 4.75. The van der Waals surface area contributed by atoms with Gasteiger partial charge in [-0.15, -0.1) is 0 Å². The maximum absolute atomic E-state index is 10.1. The fraction of sp³-hybridized carbons (Fsp3) is 0.286. The molecule has 106 valence electrons. The van der Waals surface area contributed by atoms with Crippen LogP contribution in [0.4, 0.5) is 0 Å². The number of aryl methyl sites for hydroxylation is 1. The van der Waals surface area contributed by atoms with E-state index in [1.807, 2.05) is 24.3 Å². The monoisotopic (exact) mass is 275 g/mol. The van der Waals surface area contributed by atoms with Gasteiger partial charge in [-0.3, -0.25) is 0 Å². The fourth-order valence-corrected chi connectivity index (χ4v) is 1.98. The van der Waals surface area contributed by atoms with Crippen molar-refractivity contribution in [2.45, 2.75) is 6.92 Å². The Balaban J connectivity index is 2.55. The van der Waals surface area contributed by atoms with Crippen LogP contribution in [0.3, 0.4) is 0 Å². The van der Waals surface area contributed by atoms with Crippen LogP contribution in [0.25, 0.3) is 11.3 Å². The van der Waals surface area contributed by atoms with E-state index in [0.29, 0.717) is 17.0 Å². The van der Waals surface area contributed by atoms with Crippen LogP contribution in [0.1, 0.15) is 12.5 Å². The van der Waals surface area contributed by atoms with Gasteiger partial charge in [-0.2, -0.15) is 5.10 Å². The van der Waals surface area contributed by atoms with Crippen LogP contribution in [-0.4, -0.2) is 34.8 Å². The summed E-state index contributed by atoms with van der Waals surface area (Å²) in [5.41, 5.74) is 2.62. The minimum absolute atomic E-state index is 0.0501. The van der Waals surface area contributed by atoms with Gasteiger partial charge in [0.2, 0.25) is 5.88 Å². The van der Waals surface area contributed by atoms with Crippen LogP contribution < -0.4 is 4.74 Å². The van der Waals surface area contributed by atoms with Gasteiger partial charge in [-0.1, -0.05) is 5.16 Å². The molecule has 0 radical (unpaired) electrons. The highest BCUT2D eigenvalue weighted by molar-refractivity contribution is 6.05. The van der Waals surface area contributed by atoms with Crippen LogP contribution in [0, 0.1) is 0 Å². The molecule has 0 aliphatic heterocycles. The zero-order valence-electron chi connectivity index (χ0n) is 11.9. The molecule has 0 aliphatic carbocycles. The third-order valence-electron chi connectivity index (χ3n) is 2.97. The van der Waals surface area contributed by atoms with E-state index in [-0.39, 0.29) is 5.88 Å². The van der Waals surface area contributed by atoms with E-state index in [0.717, 1.165) is 11.3 Å². The Kier molecular flexibility index (Phi) is 3.93. The number of ether oxygens (including phenoxy) is 1. The molecule has 1 aromatic carbocycles. The molecule has 0 spiro atoms. The molecule has 0 atom stereocenters. The van der Waals surface area contributed by atoms with Crippen LogP contribution >= 0.6 is 0 Å². The molecule has 0 saturated heterocycles. The number of hydrogen-bond acceptors (Lipinski definition) is 5. The SMILES string of the molecule is CO/N=C(\C)c1c(-c2ccc(OC)cc2)nn(C)c1O. The first kappa shape index (κ1) is 13.9. The van der Waals surface area contributed by atoms with E-state index in [1.165, 1.54) is 11.8 Å². The van der Waals surface area contributed by atoms with E-state index in [9.17, 15) is 5.11 Å². The number of aromatic nitrogens is 2. The molecule has 0 aliphatic rings. The highest BCUT2D eigenvalue weighted by Crippen LogP contribution is 2.30. The van der Waals surface area contributed by atoms with Gasteiger partial charge in [0.15, 0.2) is 0 Å². The molecule has 0 bridgehead atoms. The molecule has 6 nitrogen and oxygen atoms in total. The Labute approximate surface area is 117 Å². The van der Waals surface area contributed by atoms with Gasteiger partial charge in [-0.25, -0.2) is 4.68 Å². The number of nitrogens with zero attached hydrogens (tertiary/aromatic N) is 3. The molecule has 2 rings (SSSR count). The second-order valence-corrected chi connectivity index (χ2v) is 4.26. The molecule has 6 heteroatoms. The molecule has 0 unspecified atom stereocenters. The average Bonchev–Trinajstić information content (AvgIpc) is 2.75. The van der Waals surface area contributed by atoms with Crippen LogP contribution in [0.15, 0.2) is 29.4 Å². The van der Waals surface area contributed by atoms with Gasteiger partial charge >= 0.3 is 0 Å². The Bertz CT molecular complexity index is 630. The third kappa shape index (κ3) is 2.45. The molecule has 0 fully saturated rings. The first-order chi connectivity index (χ1) is 9.58. The van der Waals surface area contributed by atoms with E-state index >= 15 is 0 Å². The Morgan fingerprint density at radius 1 is 1.25 bits per heavy atom. The first-order valence-corrected chi connectivity index (χ1v) is 6.07. The number of methoxy groups -OCH3 is 1. The number of aromatic hydroxyl groups is 1. The minimum atomic E-state index is 0.0501. The van der Waals surface area contributed by atoms with Crippen molar-refractivity contribution < 1.29 is 14.7 Å². The Morgan fingerprint density at radius 3 is 2.45 bits per heavy atom. The molecule has 0 amide bonds. The topological polar surface area (TPSA) is 68.9 Å². The lowest BCUT2D eigenvalue weighted by molar-refractivity contribution is 0.213. The smallest absolute Gasteiger partial charge is 0.219 e. The number of oxime groups is 1. The van der Waals surface area contributed by atoms with E-state index in [1.54, 1.807) is 21.1 Å². The van der Waals surface area contributed by atoms with Gasteiger partial charge in [0.25, 0.3) is 0 Å². The summed E-state index contributed by atoms with van der Waals surface area (Å²) in [6, 6.07) is 7.44. The van der Waals surface area contributed by atoms with Crippen molar-refractivity contribution in [3.05, 3.63) is 29.8 Å². The van der Waals surface area contributed by atoms with Crippen LogP contribution in [0.5, 0.6) is 11.6 Å². The first-order valence-electron chi connectivity index (χ1n) is 6.07. The van der Waals surface area contributed by atoms with Crippen LogP contribution in [-0.2, 0) is 11.9 Å². The highest BCUT2D eigenvalue weighted by Gasteiger charge is 2.20. The second-order valence-electron chi connectivity index (χ2n) is 4.26. The highest BCUT2D eigenvalue weighted by atomic mass is 16.6. The van der Waals surface area contributed by atoms with Crippen molar-refractivity contribution in [1.82, 2.24) is 9.78 Å². The summed E-state index contributed by atoms with van der Waals surface area (Å²) in [5, 5.41) is 18.3. The summed E-state index contributed by atoms with van der Waals surface area (Å²) >= 11 is 0. The van der Waals surface area contributed by atoms with Crippen molar-refractivity contribution in [2.24, 2.45) is 12.2 Å². The molecule has 20 heavy (non-hydrogen) atoms. The van der Waals surface area contributed by atoms with E-state index in [2.05, 4.69) is 10.3 Å². The Morgan fingerprint density at radius 2 is 1.90 bits per heavy atom. The predicted octanol–water partition coefficient (Wildman–Crippen LogP) is 2.17. The normalized spacial score (nSPS) is 11.5. The van der Waals surface area contributed by atoms with Crippen molar-refractivity contribution in [1.29, 1.82) is 0 Å². The summed E-state index contributed by atoms with van der Waals surface area (Å²) < 4.78 is 6.54. The maximum atomic E-state index is 10.1. The zero-order valence-corrected chi connectivity index (χ0v) is 11.9. The van der Waals surface area contributed by atoms with Gasteiger partial charge < -0.3 is 14.7 Å². The molecule has 1 aromatic heterocycles.